The Hall–Kier alpha value is -0.540. The van der Waals surface area contributed by atoms with Gasteiger partial charge in [0.05, 0.1) is 16.1 Å². The molecule has 1 N–H and O–H groups in total. The maximum absolute atomic E-state index is 6.43. The number of nitrogens with one attached hydrogen (secondary N) is 1. The van der Waals surface area contributed by atoms with Crippen molar-refractivity contribution in [1.29, 1.82) is 0 Å². The van der Waals surface area contributed by atoms with Crippen LogP contribution in [0.3, 0.4) is 0 Å². The van der Waals surface area contributed by atoms with Crippen LogP contribution in [0.1, 0.15) is 36.1 Å². The summed E-state index contributed by atoms with van der Waals surface area (Å²) in [5, 5.41) is 4.78. The van der Waals surface area contributed by atoms with Crippen LogP contribution in [0, 0.1) is 6.92 Å². The highest BCUT2D eigenvalue weighted by Gasteiger charge is 2.19. The molecular formula is C17H18BrCl2N. The predicted molar refractivity (Wildman–Crippen MR) is 95.5 cm³/mol. The van der Waals surface area contributed by atoms with E-state index in [2.05, 4.69) is 53.3 Å². The van der Waals surface area contributed by atoms with Crippen LogP contribution >= 0.6 is 39.1 Å². The van der Waals surface area contributed by atoms with E-state index >= 15 is 0 Å². The molecule has 0 radical (unpaired) electrons. The molecular weight excluding hydrogens is 369 g/mol. The summed E-state index contributed by atoms with van der Waals surface area (Å²) in [5.74, 6) is 0. The highest BCUT2D eigenvalue weighted by Crippen LogP contribution is 2.35. The number of aryl methyl sites for hydroxylation is 1. The Kier molecular flexibility index (Phi) is 6.12. The molecule has 2 rings (SSSR count). The standard InChI is InChI=1S/C17H18BrCl2N/c1-3-9-21-17(13-5-4-6-15(19)16(13)20)14-10-12(18)8-7-11(14)2/h4-8,10,17,21H,3,9H2,1-2H3. The third-order valence-electron chi connectivity index (χ3n) is 3.44. The summed E-state index contributed by atoms with van der Waals surface area (Å²) in [4.78, 5) is 0. The molecule has 0 aliphatic heterocycles. The van der Waals surface area contributed by atoms with Crippen molar-refractivity contribution in [3.8, 4) is 0 Å². The maximum atomic E-state index is 6.43. The first kappa shape index (κ1) is 16.8. The zero-order chi connectivity index (χ0) is 15.4. The molecule has 0 aliphatic carbocycles. The molecule has 0 aliphatic rings. The first-order chi connectivity index (χ1) is 10.0. The highest BCUT2D eigenvalue weighted by molar-refractivity contribution is 9.10. The van der Waals surface area contributed by atoms with Gasteiger partial charge in [-0.15, -0.1) is 0 Å². The second kappa shape index (κ2) is 7.64. The van der Waals surface area contributed by atoms with Crippen LogP contribution < -0.4 is 5.32 Å². The quantitative estimate of drug-likeness (QED) is 0.649. The molecule has 0 aromatic heterocycles. The lowest BCUT2D eigenvalue weighted by molar-refractivity contribution is 0.596. The fourth-order valence-electron chi connectivity index (χ4n) is 2.34. The number of rotatable bonds is 5. The Bertz CT molecular complexity index is 626. The van der Waals surface area contributed by atoms with Gasteiger partial charge in [-0.05, 0) is 54.8 Å². The van der Waals surface area contributed by atoms with Gasteiger partial charge in [0.15, 0.2) is 0 Å². The average molecular weight is 387 g/mol. The van der Waals surface area contributed by atoms with E-state index in [1.54, 1.807) is 0 Å². The van der Waals surface area contributed by atoms with Crippen molar-refractivity contribution in [2.24, 2.45) is 0 Å². The minimum atomic E-state index is 0.0358. The molecule has 1 nitrogen and oxygen atoms in total. The largest absolute Gasteiger partial charge is 0.306 e. The maximum Gasteiger partial charge on any atom is 0.0643 e. The van der Waals surface area contributed by atoms with Crippen LogP contribution in [0.5, 0.6) is 0 Å². The molecule has 0 spiro atoms. The molecule has 2 aromatic rings. The first-order valence-corrected chi connectivity index (χ1v) is 8.52. The van der Waals surface area contributed by atoms with E-state index in [-0.39, 0.29) is 6.04 Å². The summed E-state index contributed by atoms with van der Waals surface area (Å²) >= 11 is 16.2. The van der Waals surface area contributed by atoms with Gasteiger partial charge in [0.2, 0.25) is 0 Å². The lowest BCUT2D eigenvalue weighted by Gasteiger charge is -2.23. The summed E-state index contributed by atoms with van der Waals surface area (Å²) in [6.07, 6.45) is 1.06. The molecule has 1 unspecified atom stereocenters. The van der Waals surface area contributed by atoms with Crippen molar-refractivity contribution in [2.75, 3.05) is 6.54 Å². The molecule has 21 heavy (non-hydrogen) atoms. The molecule has 0 saturated heterocycles. The van der Waals surface area contributed by atoms with E-state index in [4.69, 9.17) is 23.2 Å². The molecule has 0 heterocycles. The van der Waals surface area contributed by atoms with E-state index in [9.17, 15) is 0 Å². The minimum Gasteiger partial charge on any atom is -0.306 e. The number of hydrogen-bond acceptors (Lipinski definition) is 1. The third kappa shape index (κ3) is 4.01. The molecule has 0 fully saturated rings. The molecule has 112 valence electrons. The summed E-state index contributed by atoms with van der Waals surface area (Å²) in [5.41, 5.74) is 3.45. The van der Waals surface area contributed by atoms with Gasteiger partial charge in [0.1, 0.15) is 0 Å². The summed E-state index contributed by atoms with van der Waals surface area (Å²) in [6.45, 7) is 5.18. The number of halogens is 3. The highest BCUT2D eigenvalue weighted by atomic mass is 79.9. The molecule has 0 saturated carbocycles. The monoisotopic (exact) mass is 385 g/mol. The number of benzene rings is 2. The topological polar surface area (TPSA) is 12.0 Å². The lowest BCUT2D eigenvalue weighted by atomic mass is 9.95. The van der Waals surface area contributed by atoms with Crippen molar-refractivity contribution in [3.05, 3.63) is 67.6 Å². The Balaban J connectivity index is 2.52. The fourth-order valence-corrected chi connectivity index (χ4v) is 3.14. The van der Waals surface area contributed by atoms with Crippen molar-refractivity contribution in [2.45, 2.75) is 26.3 Å². The summed E-state index contributed by atoms with van der Waals surface area (Å²) in [7, 11) is 0. The van der Waals surface area contributed by atoms with Crippen LogP contribution in [0.25, 0.3) is 0 Å². The number of hydrogen-bond donors (Lipinski definition) is 1. The Morgan fingerprint density at radius 1 is 1.14 bits per heavy atom. The van der Waals surface area contributed by atoms with E-state index in [1.807, 2.05) is 18.2 Å². The molecule has 1 atom stereocenters. The van der Waals surface area contributed by atoms with Crippen LogP contribution in [0.2, 0.25) is 10.0 Å². The second-order valence-electron chi connectivity index (χ2n) is 5.03. The van der Waals surface area contributed by atoms with Gasteiger partial charge in [-0.2, -0.15) is 0 Å². The molecule has 4 heteroatoms. The second-order valence-corrected chi connectivity index (χ2v) is 6.73. The van der Waals surface area contributed by atoms with Gasteiger partial charge in [0, 0.05) is 4.47 Å². The molecule has 0 amide bonds. The van der Waals surface area contributed by atoms with Gasteiger partial charge in [-0.3, -0.25) is 0 Å². The Labute approximate surface area is 144 Å². The van der Waals surface area contributed by atoms with E-state index < -0.39 is 0 Å². The van der Waals surface area contributed by atoms with Crippen molar-refractivity contribution in [3.63, 3.8) is 0 Å². The van der Waals surface area contributed by atoms with E-state index in [0.29, 0.717) is 10.0 Å². The van der Waals surface area contributed by atoms with Crippen molar-refractivity contribution < 1.29 is 0 Å². The normalized spacial score (nSPS) is 12.4. The third-order valence-corrected chi connectivity index (χ3v) is 4.77. The predicted octanol–water partition coefficient (Wildman–Crippen LogP) is 6.15. The zero-order valence-corrected chi connectivity index (χ0v) is 15.2. The van der Waals surface area contributed by atoms with Crippen molar-refractivity contribution in [1.82, 2.24) is 5.32 Å². The van der Waals surface area contributed by atoms with Gasteiger partial charge >= 0.3 is 0 Å². The average Bonchev–Trinajstić information content (AvgIpc) is 2.47. The minimum absolute atomic E-state index is 0.0358. The van der Waals surface area contributed by atoms with Crippen LogP contribution in [0.4, 0.5) is 0 Å². The summed E-state index contributed by atoms with van der Waals surface area (Å²) in [6, 6.07) is 12.1. The van der Waals surface area contributed by atoms with E-state index in [0.717, 1.165) is 23.0 Å². The van der Waals surface area contributed by atoms with Crippen LogP contribution in [-0.4, -0.2) is 6.54 Å². The Morgan fingerprint density at radius 2 is 1.90 bits per heavy atom. The lowest BCUT2D eigenvalue weighted by Crippen LogP contribution is -2.24. The zero-order valence-electron chi connectivity index (χ0n) is 12.1. The van der Waals surface area contributed by atoms with Gasteiger partial charge in [0.25, 0.3) is 0 Å². The SMILES string of the molecule is CCCNC(c1cc(Br)ccc1C)c1cccc(Cl)c1Cl. The van der Waals surface area contributed by atoms with Crippen LogP contribution in [0.15, 0.2) is 40.9 Å². The molecule has 2 aromatic carbocycles. The van der Waals surface area contributed by atoms with Gasteiger partial charge in [-0.1, -0.05) is 64.3 Å². The van der Waals surface area contributed by atoms with E-state index in [1.165, 1.54) is 11.1 Å². The molecule has 0 bridgehead atoms. The Morgan fingerprint density at radius 3 is 2.62 bits per heavy atom. The van der Waals surface area contributed by atoms with Gasteiger partial charge in [-0.25, -0.2) is 0 Å². The smallest absolute Gasteiger partial charge is 0.0643 e. The first-order valence-electron chi connectivity index (χ1n) is 6.98. The van der Waals surface area contributed by atoms with Gasteiger partial charge < -0.3 is 5.32 Å². The fraction of sp³-hybridized carbons (Fsp3) is 0.294. The summed E-state index contributed by atoms with van der Waals surface area (Å²) < 4.78 is 1.06. The van der Waals surface area contributed by atoms with Crippen LogP contribution in [-0.2, 0) is 0 Å². The van der Waals surface area contributed by atoms with Crippen molar-refractivity contribution >= 4 is 39.1 Å².